The van der Waals surface area contributed by atoms with E-state index in [1.807, 2.05) is 24.3 Å². The summed E-state index contributed by atoms with van der Waals surface area (Å²) < 4.78 is 1.02. The molecule has 104 valence electrons. The second-order valence-electron chi connectivity index (χ2n) is 6.27. The molecule has 3 nitrogen and oxygen atoms in total. The summed E-state index contributed by atoms with van der Waals surface area (Å²) in [6.45, 7) is 4.40. The van der Waals surface area contributed by atoms with Crippen LogP contribution in [-0.2, 0) is 4.79 Å². The van der Waals surface area contributed by atoms with Gasteiger partial charge in [0.15, 0.2) is 0 Å². The molecule has 1 aliphatic carbocycles. The molecule has 0 radical (unpaired) electrons. The highest BCUT2D eigenvalue weighted by molar-refractivity contribution is 9.10. The Morgan fingerprint density at radius 2 is 1.89 bits per heavy atom. The molecule has 3 N–H and O–H groups in total. The van der Waals surface area contributed by atoms with Gasteiger partial charge in [0.25, 0.3) is 0 Å². The lowest BCUT2D eigenvalue weighted by Crippen LogP contribution is -2.55. The summed E-state index contributed by atoms with van der Waals surface area (Å²) in [5, 5.41) is 3.38. The molecular formula is C15H21BrN2O. The van der Waals surface area contributed by atoms with Crippen molar-refractivity contribution in [3.05, 3.63) is 28.7 Å². The fourth-order valence-corrected chi connectivity index (χ4v) is 3.31. The van der Waals surface area contributed by atoms with E-state index in [9.17, 15) is 4.79 Å². The van der Waals surface area contributed by atoms with Crippen LogP contribution in [0.25, 0.3) is 0 Å². The molecule has 0 heterocycles. The van der Waals surface area contributed by atoms with Gasteiger partial charge in [-0.3, -0.25) is 4.79 Å². The molecule has 0 aromatic heterocycles. The van der Waals surface area contributed by atoms with E-state index in [0.29, 0.717) is 0 Å². The Bertz CT molecular complexity index is 470. The smallest absolute Gasteiger partial charge is 0.243 e. The number of rotatable bonds is 3. The van der Waals surface area contributed by atoms with Crippen molar-refractivity contribution < 1.29 is 4.79 Å². The molecule has 1 fully saturated rings. The maximum Gasteiger partial charge on any atom is 0.243 e. The Kier molecular flexibility index (Phi) is 3.90. The van der Waals surface area contributed by atoms with E-state index in [4.69, 9.17) is 5.73 Å². The highest BCUT2D eigenvalue weighted by Gasteiger charge is 2.44. The molecule has 1 aromatic carbocycles. The third-order valence-electron chi connectivity index (χ3n) is 3.94. The molecule has 19 heavy (non-hydrogen) atoms. The molecule has 1 atom stereocenters. The summed E-state index contributed by atoms with van der Waals surface area (Å²) in [7, 11) is 0. The molecule has 1 saturated carbocycles. The summed E-state index contributed by atoms with van der Waals surface area (Å²) >= 11 is 3.41. The lowest BCUT2D eigenvalue weighted by Gasteiger charge is -2.43. The molecule has 1 unspecified atom stereocenters. The molecular weight excluding hydrogens is 304 g/mol. The van der Waals surface area contributed by atoms with Crippen LogP contribution in [0.3, 0.4) is 0 Å². The summed E-state index contributed by atoms with van der Waals surface area (Å²) in [4.78, 5) is 12.0. The van der Waals surface area contributed by atoms with Crippen LogP contribution in [0.5, 0.6) is 0 Å². The number of hydrogen-bond acceptors (Lipinski definition) is 2. The number of primary amides is 1. The minimum absolute atomic E-state index is 0.148. The topological polar surface area (TPSA) is 55.1 Å². The number of nitrogens with one attached hydrogen (secondary N) is 1. The summed E-state index contributed by atoms with van der Waals surface area (Å²) in [6, 6.07) is 7.86. The maximum absolute atomic E-state index is 12.0. The van der Waals surface area contributed by atoms with E-state index >= 15 is 0 Å². The number of benzene rings is 1. The van der Waals surface area contributed by atoms with Gasteiger partial charge in [-0.1, -0.05) is 36.2 Å². The van der Waals surface area contributed by atoms with Crippen molar-refractivity contribution in [2.45, 2.75) is 45.1 Å². The van der Waals surface area contributed by atoms with E-state index in [2.05, 4.69) is 35.1 Å². The Morgan fingerprint density at radius 3 is 2.42 bits per heavy atom. The van der Waals surface area contributed by atoms with Gasteiger partial charge in [-0.25, -0.2) is 0 Å². The Balaban J connectivity index is 2.25. The first-order valence-electron chi connectivity index (χ1n) is 6.67. The highest BCUT2D eigenvalue weighted by Crippen LogP contribution is 2.42. The van der Waals surface area contributed by atoms with Gasteiger partial charge in [-0.15, -0.1) is 0 Å². The third kappa shape index (κ3) is 3.30. The summed E-state index contributed by atoms with van der Waals surface area (Å²) in [5.74, 6) is -0.247. The first-order chi connectivity index (χ1) is 8.83. The van der Waals surface area contributed by atoms with Crippen LogP contribution in [0, 0.1) is 5.41 Å². The number of amides is 1. The van der Waals surface area contributed by atoms with Gasteiger partial charge in [-0.2, -0.15) is 0 Å². The van der Waals surface area contributed by atoms with E-state index < -0.39 is 5.54 Å². The number of hydrogen-bond donors (Lipinski definition) is 2. The monoisotopic (exact) mass is 324 g/mol. The second kappa shape index (κ2) is 5.16. The van der Waals surface area contributed by atoms with Crippen molar-refractivity contribution in [1.29, 1.82) is 0 Å². The fraction of sp³-hybridized carbons (Fsp3) is 0.533. The minimum atomic E-state index is -0.615. The quantitative estimate of drug-likeness (QED) is 0.890. The van der Waals surface area contributed by atoms with Gasteiger partial charge in [0.1, 0.15) is 5.54 Å². The fourth-order valence-electron chi connectivity index (χ4n) is 3.05. The Labute approximate surface area is 123 Å². The van der Waals surface area contributed by atoms with Gasteiger partial charge in [0.2, 0.25) is 5.91 Å². The van der Waals surface area contributed by atoms with Gasteiger partial charge in [0.05, 0.1) is 0 Å². The van der Waals surface area contributed by atoms with E-state index in [-0.39, 0.29) is 11.3 Å². The van der Waals surface area contributed by atoms with Crippen LogP contribution in [-0.4, -0.2) is 11.4 Å². The van der Waals surface area contributed by atoms with E-state index in [1.54, 1.807) is 0 Å². The molecule has 1 aliphatic rings. The maximum atomic E-state index is 12.0. The van der Waals surface area contributed by atoms with Gasteiger partial charge < -0.3 is 11.1 Å². The average molecular weight is 325 g/mol. The van der Waals surface area contributed by atoms with Crippen molar-refractivity contribution in [3.8, 4) is 0 Å². The molecule has 4 heteroatoms. The van der Waals surface area contributed by atoms with E-state index in [1.165, 1.54) is 0 Å². The van der Waals surface area contributed by atoms with Crippen molar-refractivity contribution in [3.63, 3.8) is 0 Å². The molecule has 0 spiro atoms. The van der Waals surface area contributed by atoms with Gasteiger partial charge >= 0.3 is 0 Å². The number of anilines is 1. The average Bonchev–Trinajstić information content (AvgIpc) is 2.31. The first-order valence-corrected chi connectivity index (χ1v) is 7.46. The molecule has 0 aliphatic heterocycles. The lowest BCUT2D eigenvalue weighted by molar-refractivity contribution is -0.124. The second-order valence-corrected chi connectivity index (χ2v) is 7.19. The SMILES string of the molecule is CC1(C)CCCC(Nc2ccc(Br)cc2)(C(N)=O)C1. The van der Waals surface area contributed by atoms with Crippen molar-refractivity contribution in [2.75, 3.05) is 5.32 Å². The zero-order chi connectivity index (χ0) is 14.1. The molecule has 2 rings (SSSR count). The number of carbonyl (C=O) groups excluding carboxylic acids is 1. The number of halogens is 1. The van der Waals surface area contributed by atoms with Crippen LogP contribution < -0.4 is 11.1 Å². The largest absolute Gasteiger partial charge is 0.371 e. The van der Waals surface area contributed by atoms with Gasteiger partial charge in [-0.05, 0) is 48.9 Å². The van der Waals surface area contributed by atoms with Crippen LogP contribution in [0.2, 0.25) is 0 Å². The zero-order valence-electron chi connectivity index (χ0n) is 11.5. The number of nitrogens with two attached hydrogens (primary N) is 1. The van der Waals surface area contributed by atoms with Gasteiger partial charge in [0, 0.05) is 10.2 Å². The molecule has 0 saturated heterocycles. The normalized spacial score (nSPS) is 25.8. The van der Waals surface area contributed by atoms with Crippen LogP contribution in [0.15, 0.2) is 28.7 Å². The zero-order valence-corrected chi connectivity index (χ0v) is 13.1. The molecule has 1 aromatic rings. The molecule has 1 amide bonds. The lowest BCUT2D eigenvalue weighted by atomic mass is 9.67. The van der Waals surface area contributed by atoms with E-state index in [0.717, 1.165) is 35.8 Å². The standard InChI is InChI=1S/C15H21BrN2O/c1-14(2)8-3-9-15(10-14,13(17)19)18-12-6-4-11(16)5-7-12/h4-7,18H,3,8-10H2,1-2H3,(H2,17,19). The summed E-state index contributed by atoms with van der Waals surface area (Å²) in [6.07, 6.45) is 3.76. The predicted molar refractivity (Wildman–Crippen MR) is 81.9 cm³/mol. The minimum Gasteiger partial charge on any atom is -0.371 e. The Morgan fingerprint density at radius 1 is 1.26 bits per heavy atom. The van der Waals surface area contributed by atoms with Crippen LogP contribution in [0.1, 0.15) is 39.5 Å². The molecule has 0 bridgehead atoms. The van der Waals surface area contributed by atoms with Crippen LogP contribution >= 0.6 is 15.9 Å². The van der Waals surface area contributed by atoms with Crippen LogP contribution in [0.4, 0.5) is 5.69 Å². The Hall–Kier alpha value is -1.03. The summed E-state index contributed by atoms with van der Waals surface area (Å²) in [5.41, 5.74) is 6.17. The third-order valence-corrected chi connectivity index (χ3v) is 4.47. The predicted octanol–water partition coefficient (Wildman–Crippen LogP) is 3.69. The van der Waals surface area contributed by atoms with Crippen molar-refractivity contribution in [2.24, 2.45) is 11.1 Å². The highest BCUT2D eigenvalue weighted by atomic mass is 79.9. The van der Waals surface area contributed by atoms with Crippen molar-refractivity contribution in [1.82, 2.24) is 0 Å². The first kappa shape index (κ1) is 14.4. The van der Waals surface area contributed by atoms with Crippen molar-refractivity contribution >= 4 is 27.5 Å². The number of carbonyl (C=O) groups is 1.